The Morgan fingerprint density at radius 1 is 1.37 bits per heavy atom. The van der Waals surface area contributed by atoms with E-state index in [9.17, 15) is 9.18 Å². The molecule has 0 spiro atoms. The molecule has 104 valence electrons. The fraction of sp³-hybridized carbons (Fsp3) is 0.462. The summed E-state index contributed by atoms with van der Waals surface area (Å²) in [6, 6.07) is 4.68. The van der Waals surface area contributed by atoms with Crippen molar-refractivity contribution in [3.8, 4) is 0 Å². The first kappa shape index (κ1) is 13.6. The molecule has 0 aliphatic carbocycles. The quantitative estimate of drug-likeness (QED) is 0.819. The zero-order valence-corrected chi connectivity index (χ0v) is 10.9. The first-order valence-electron chi connectivity index (χ1n) is 6.18. The number of methoxy groups -OCH3 is 1. The van der Waals surface area contributed by atoms with Crippen molar-refractivity contribution < 1.29 is 13.9 Å². The Bertz CT molecular complexity index is 459. The van der Waals surface area contributed by atoms with Gasteiger partial charge < -0.3 is 20.3 Å². The minimum atomic E-state index is -0.323. The Hall–Kier alpha value is -1.82. The molecule has 0 saturated carbocycles. The Morgan fingerprint density at radius 2 is 2.05 bits per heavy atom. The zero-order valence-electron chi connectivity index (χ0n) is 10.9. The highest BCUT2D eigenvalue weighted by Crippen LogP contribution is 2.22. The third-order valence-corrected chi connectivity index (χ3v) is 3.21. The summed E-state index contributed by atoms with van der Waals surface area (Å²) in [5.74, 6) is -0.350. The molecule has 1 aliphatic heterocycles. The van der Waals surface area contributed by atoms with Gasteiger partial charge >= 0.3 is 0 Å². The maximum Gasteiger partial charge on any atom is 0.248 e. The van der Waals surface area contributed by atoms with Crippen molar-refractivity contribution in [2.45, 2.75) is 0 Å². The van der Waals surface area contributed by atoms with Gasteiger partial charge in [-0.25, -0.2) is 4.39 Å². The van der Waals surface area contributed by atoms with Crippen molar-refractivity contribution in [1.29, 1.82) is 0 Å². The van der Waals surface area contributed by atoms with Gasteiger partial charge in [0.1, 0.15) is 12.4 Å². The van der Waals surface area contributed by atoms with E-state index in [0.29, 0.717) is 37.6 Å². The minimum absolute atomic E-state index is 0.0278. The predicted molar refractivity (Wildman–Crippen MR) is 71.5 cm³/mol. The number of carbonyl (C=O) groups excluding carboxylic acids is 1. The van der Waals surface area contributed by atoms with Crippen molar-refractivity contribution in [3.05, 3.63) is 24.0 Å². The number of nitrogen functional groups attached to an aromatic ring is 1. The second-order valence-corrected chi connectivity index (χ2v) is 4.51. The van der Waals surface area contributed by atoms with Crippen LogP contribution in [0.25, 0.3) is 0 Å². The summed E-state index contributed by atoms with van der Waals surface area (Å²) in [4.78, 5) is 15.3. The molecular weight excluding hydrogens is 249 g/mol. The van der Waals surface area contributed by atoms with Crippen LogP contribution in [-0.4, -0.2) is 50.7 Å². The van der Waals surface area contributed by atoms with Crippen molar-refractivity contribution in [2.24, 2.45) is 0 Å². The summed E-state index contributed by atoms with van der Waals surface area (Å²) in [5, 5.41) is 0. The molecule has 6 heteroatoms. The highest BCUT2D eigenvalue weighted by molar-refractivity contribution is 5.77. The zero-order chi connectivity index (χ0) is 13.8. The van der Waals surface area contributed by atoms with E-state index in [1.807, 2.05) is 4.90 Å². The van der Waals surface area contributed by atoms with Gasteiger partial charge in [0.05, 0.1) is 5.69 Å². The molecule has 1 amide bonds. The molecule has 1 fully saturated rings. The monoisotopic (exact) mass is 267 g/mol. The maximum absolute atomic E-state index is 13.8. The predicted octanol–water partition coefficient (Wildman–Crippen LogP) is 0.703. The molecule has 19 heavy (non-hydrogen) atoms. The minimum Gasteiger partial charge on any atom is -0.399 e. The number of halogens is 1. The lowest BCUT2D eigenvalue weighted by Gasteiger charge is -2.36. The van der Waals surface area contributed by atoms with E-state index >= 15 is 0 Å². The number of rotatable bonds is 3. The normalized spacial score (nSPS) is 15.7. The average molecular weight is 267 g/mol. The SMILES string of the molecule is COCC(=O)N1CCN(c2ccc(N)cc2F)CC1. The number of nitrogens with zero attached hydrogens (tertiary/aromatic N) is 2. The molecular formula is C13H18FN3O2. The second-order valence-electron chi connectivity index (χ2n) is 4.51. The van der Waals surface area contributed by atoms with Gasteiger partial charge in [0.25, 0.3) is 0 Å². The van der Waals surface area contributed by atoms with Crippen molar-refractivity contribution in [1.82, 2.24) is 4.90 Å². The number of ether oxygens (including phenoxy) is 1. The van der Waals surface area contributed by atoms with Crippen LogP contribution in [0.1, 0.15) is 0 Å². The highest BCUT2D eigenvalue weighted by atomic mass is 19.1. The number of benzene rings is 1. The Balaban J connectivity index is 1.98. The van der Waals surface area contributed by atoms with Crippen LogP contribution in [0.15, 0.2) is 18.2 Å². The molecule has 0 atom stereocenters. The summed E-state index contributed by atoms with van der Waals surface area (Å²) in [5.41, 5.74) is 6.47. The van der Waals surface area contributed by atoms with Crippen LogP contribution in [0.3, 0.4) is 0 Å². The second kappa shape index (κ2) is 5.88. The number of hydrogen-bond donors (Lipinski definition) is 1. The number of carbonyl (C=O) groups is 1. The largest absolute Gasteiger partial charge is 0.399 e. The van der Waals surface area contributed by atoms with Gasteiger partial charge in [0.15, 0.2) is 0 Å². The number of piperazine rings is 1. The Labute approximate surface area is 111 Å². The summed E-state index contributed by atoms with van der Waals surface area (Å²) in [7, 11) is 1.50. The van der Waals surface area contributed by atoms with E-state index in [4.69, 9.17) is 10.5 Å². The lowest BCUT2D eigenvalue weighted by Crippen LogP contribution is -2.49. The molecule has 1 aliphatic rings. The first-order valence-corrected chi connectivity index (χ1v) is 6.18. The summed E-state index contributed by atoms with van der Waals surface area (Å²) >= 11 is 0. The third-order valence-electron chi connectivity index (χ3n) is 3.21. The number of amides is 1. The molecule has 0 radical (unpaired) electrons. The first-order chi connectivity index (χ1) is 9.11. The van der Waals surface area contributed by atoms with Gasteiger partial charge in [-0.15, -0.1) is 0 Å². The topological polar surface area (TPSA) is 58.8 Å². The summed E-state index contributed by atoms with van der Waals surface area (Å²) in [6.07, 6.45) is 0. The average Bonchev–Trinajstić information content (AvgIpc) is 2.39. The standard InChI is InChI=1S/C13H18FN3O2/c1-19-9-13(18)17-6-4-16(5-7-17)12-3-2-10(15)8-11(12)14/h2-3,8H,4-7,9,15H2,1H3. The molecule has 0 bridgehead atoms. The van der Waals surface area contributed by atoms with Crippen LogP contribution < -0.4 is 10.6 Å². The van der Waals surface area contributed by atoms with E-state index in [1.165, 1.54) is 13.2 Å². The van der Waals surface area contributed by atoms with Gasteiger partial charge in [0, 0.05) is 39.0 Å². The van der Waals surface area contributed by atoms with Crippen LogP contribution in [0.4, 0.5) is 15.8 Å². The van der Waals surface area contributed by atoms with E-state index in [1.54, 1.807) is 17.0 Å². The molecule has 1 aromatic rings. The van der Waals surface area contributed by atoms with Gasteiger partial charge in [0.2, 0.25) is 5.91 Å². The number of anilines is 2. The van der Waals surface area contributed by atoms with E-state index in [0.717, 1.165) is 0 Å². The van der Waals surface area contributed by atoms with Gasteiger partial charge in [-0.1, -0.05) is 0 Å². The maximum atomic E-state index is 13.8. The fourth-order valence-electron chi connectivity index (χ4n) is 2.19. The Morgan fingerprint density at radius 3 is 2.63 bits per heavy atom. The van der Waals surface area contributed by atoms with Crippen molar-refractivity contribution in [2.75, 3.05) is 50.5 Å². The summed E-state index contributed by atoms with van der Waals surface area (Å²) in [6.45, 7) is 2.46. The fourth-order valence-corrected chi connectivity index (χ4v) is 2.19. The molecule has 0 aromatic heterocycles. The van der Waals surface area contributed by atoms with Gasteiger partial charge in [-0.3, -0.25) is 4.79 Å². The molecule has 2 rings (SSSR count). The van der Waals surface area contributed by atoms with Gasteiger partial charge in [-0.2, -0.15) is 0 Å². The van der Waals surface area contributed by atoms with Crippen LogP contribution in [0, 0.1) is 5.82 Å². The Kier molecular flexibility index (Phi) is 4.21. The molecule has 1 heterocycles. The van der Waals surface area contributed by atoms with E-state index in [-0.39, 0.29) is 18.3 Å². The smallest absolute Gasteiger partial charge is 0.248 e. The van der Waals surface area contributed by atoms with Crippen LogP contribution in [0.5, 0.6) is 0 Å². The number of nitrogens with two attached hydrogens (primary N) is 1. The van der Waals surface area contributed by atoms with E-state index < -0.39 is 0 Å². The van der Waals surface area contributed by atoms with Crippen LogP contribution >= 0.6 is 0 Å². The molecule has 1 saturated heterocycles. The third kappa shape index (κ3) is 3.14. The molecule has 1 aromatic carbocycles. The van der Waals surface area contributed by atoms with E-state index in [2.05, 4.69) is 0 Å². The number of hydrogen-bond acceptors (Lipinski definition) is 4. The van der Waals surface area contributed by atoms with Crippen LogP contribution in [-0.2, 0) is 9.53 Å². The van der Waals surface area contributed by atoms with Crippen molar-refractivity contribution in [3.63, 3.8) is 0 Å². The molecule has 2 N–H and O–H groups in total. The lowest BCUT2D eigenvalue weighted by molar-refractivity contribution is -0.135. The molecule has 0 unspecified atom stereocenters. The summed E-state index contributed by atoms with van der Waals surface area (Å²) < 4.78 is 18.6. The lowest BCUT2D eigenvalue weighted by atomic mass is 10.2. The van der Waals surface area contributed by atoms with Gasteiger partial charge in [-0.05, 0) is 18.2 Å². The van der Waals surface area contributed by atoms with Crippen molar-refractivity contribution >= 4 is 17.3 Å². The highest BCUT2D eigenvalue weighted by Gasteiger charge is 2.22. The van der Waals surface area contributed by atoms with Crippen LogP contribution in [0.2, 0.25) is 0 Å². The molecule has 5 nitrogen and oxygen atoms in total.